The average Bonchev–Trinajstić information content (AvgIpc) is 3.31. The third kappa shape index (κ3) is 9.68. The molecule has 3 amide bonds. The molecule has 0 spiro atoms. The number of hydrogen-bond acceptors (Lipinski definition) is 7. The molecule has 5 unspecified atom stereocenters. The normalized spacial score (nSPS) is 18.4. The number of nitrogens with zero attached hydrogens (tertiary/aromatic N) is 2. The standard InChI is InChI=1S/C22H39N7O7/c1-3-12(2)17(23)19(33)27-13(8-9-16(30)31)20(34)29-11-5-7-15(29)18(32)28-14(21(35)36)6-4-10-26-22(24)25/h12-15,17H,3-11,23H2,1-2H3,(H,27,33)(H,28,32)(H,30,31)(H,35,36)(H4,24,25,26). The van der Waals surface area contributed by atoms with E-state index < -0.39 is 53.8 Å². The Hall–Kier alpha value is -3.42. The van der Waals surface area contributed by atoms with Crippen molar-refractivity contribution in [3.8, 4) is 0 Å². The zero-order valence-corrected chi connectivity index (χ0v) is 20.8. The summed E-state index contributed by atoms with van der Waals surface area (Å²) in [5, 5.41) is 23.6. The van der Waals surface area contributed by atoms with Crippen LogP contribution in [0.2, 0.25) is 0 Å². The second-order valence-electron chi connectivity index (χ2n) is 8.94. The van der Waals surface area contributed by atoms with E-state index in [1.165, 1.54) is 4.90 Å². The summed E-state index contributed by atoms with van der Waals surface area (Å²) >= 11 is 0. The fourth-order valence-corrected chi connectivity index (χ4v) is 3.84. The van der Waals surface area contributed by atoms with Gasteiger partial charge in [0.05, 0.1) is 6.04 Å². The van der Waals surface area contributed by atoms with Gasteiger partial charge < -0.3 is 42.9 Å². The van der Waals surface area contributed by atoms with Crippen molar-refractivity contribution in [2.45, 2.75) is 83.0 Å². The van der Waals surface area contributed by atoms with E-state index in [4.69, 9.17) is 22.3 Å². The lowest BCUT2D eigenvalue weighted by Crippen LogP contribution is -2.57. The van der Waals surface area contributed by atoms with E-state index in [9.17, 15) is 29.1 Å². The molecule has 0 aromatic carbocycles. The third-order valence-corrected chi connectivity index (χ3v) is 6.22. The maximum Gasteiger partial charge on any atom is 0.326 e. The van der Waals surface area contributed by atoms with E-state index in [1.54, 1.807) is 6.92 Å². The molecule has 36 heavy (non-hydrogen) atoms. The van der Waals surface area contributed by atoms with Gasteiger partial charge in [-0.2, -0.15) is 0 Å². The molecule has 0 radical (unpaired) electrons. The van der Waals surface area contributed by atoms with Gasteiger partial charge in [0.2, 0.25) is 17.7 Å². The summed E-state index contributed by atoms with van der Waals surface area (Å²) in [5.74, 6) is -4.51. The molecule has 5 atom stereocenters. The number of nitrogens with two attached hydrogens (primary N) is 3. The Balaban J connectivity index is 2.94. The minimum Gasteiger partial charge on any atom is -0.481 e. The molecule has 0 aromatic heterocycles. The summed E-state index contributed by atoms with van der Waals surface area (Å²) in [6.45, 7) is 4.05. The van der Waals surface area contributed by atoms with Crippen LogP contribution in [-0.2, 0) is 24.0 Å². The van der Waals surface area contributed by atoms with Crippen LogP contribution in [0.25, 0.3) is 0 Å². The van der Waals surface area contributed by atoms with Crippen LogP contribution in [0.3, 0.4) is 0 Å². The Morgan fingerprint density at radius 2 is 1.75 bits per heavy atom. The minimum atomic E-state index is -1.24. The first-order valence-corrected chi connectivity index (χ1v) is 12.1. The van der Waals surface area contributed by atoms with E-state index in [2.05, 4.69) is 15.6 Å². The highest BCUT2D eigenvalue weighted by molar-refractivity contribution is 5.94. The van der Waals surface area contributed by atoms with Crippen LogP contribution in [0.5, 0.6) is 0 Å². The Kier molecular flexibility index (Phi) is 12.6. The number of aliphatic carboxylic acids is 2. The lowest BCUT2D eigenvalue weighted by Gasteiger charge is -2.30. The van der Waals surface area contributed by atoms with Crippen LogP contribution in [0, 0.1) is 5.92 Å². The predicted molar refractivity (Wildman–Crippen MR) is 130 cm³/mol. The van der Waals surface area contributed by atoms with Crippen molar-refractivity contribution < 1.29 is 34.2 Å². The van der Waals surface area contributed by atoms with Crippen molar-refractivity contribution in [3.05, 3.63) is 0 Å². The van der Waals surface area contributed by atoms with E-state index in [-0.39, 0.29) is 44.2 Å². The zero-order valence-electron chi connectivity index (χ0n) is 20.8. The van der Waals surface area contributed by atoms with Gasteiger partial charge in [-0.15, -0.1) is 0 Å². The van der Waals surface area contributed by atoms with Crippen molar-refractivity contribution in [1.29, 1.82) is 0 Å². The number of hydrogen-bond donors (Lipinski definition) is 7. The first-order chi connectivity index (χ1) is 16.9. The summed E-state index contributed by atoms with van der Waals surface area (Å²) in [4.78, 5) is 66.6. The van der Waals surface area contributed by atoms with Crippen LogP contribution in [0.15, 0.2) is 4.99 Å². The molecule has 1 saturated heterocycles. The molecular weight excluding hydrogens is 474 g/mol. The number of likely N-dealkylation sites (tertiary alicyclic amines) is 1. The Morgan fingerprint density at radius 1 is 1.08 bits per heavy atom. The molecule has 14 heteroatoms. The highest BCUT2D eigenvalue weighted by atomic mass is 16.4. The molecule has 1 fully saturated rings. The maximum absolute atomic E-state index is 13.3. The van der Waals surface area contributed by atoms with E-state index in [0.29, 0.717) is 25.7 Å². The summed E-state index contributed by atoms with van der Waals surface area (Å²) in [5.41, 5.74) is 16.5. The molecule has 1 rings (SSSR count). The lowest BCUT2D eigenvalue weighted by atomic mass is 9.98. The van der Waals surface area contributed by atoms with Gasteiger partial charge in [-0.25, -0.2) is 4.79 Å². The fourth-order valence-electron chi connectivity index (χ4n) is 3.84. The molecule has 1 aliphatic heterocycles. The van der Waals surface area contributed by atoms with Gasteiger partial charge in [-0.3, -0.25) is 24.2 Å². The smallest absolute Gasteiger partial charge is 0.326 e. The van der Waals surface area contributed by atoms with Crippen molar-refractivity contribution in [1.82, 2.24) is 15.5 Å². The van der Waals surface area contributed by atoms with E-state index in [0.717, 1.165) is 0 Å². The van der Waals surface area contributed by atoms with Gasteiger partial charge >= 0.3 is 11.9 Å². The van der Waals surface area contributed by atoms with Gasteiger partial charge in [0.1, 0.15) is 18.1 Å². The number of carbonyl (C=O) groups excluding carboxylic acids is 3. The molecule has 204 valence electrons. The summed E-state index contributed by atoms with van der Waals surface area (Å²) in [6.07, 6.45) is 1.23. The average molecular weight is 514 g/mol. The second kappa shape index (κ2) is 14.9. The molecular formula is C22H39N7O7. The fraction of sp³-hybridized carbons (Fsp3) is 0.727. The molecule has 0 aliphatic carbocycles. The first-order valence-electron chi connectivity index (χ1n) is 12.1. The van der Waals surface area contributed by atoms with Gasteiger partial charge in [0.15, 0.2) is 5.96 Å². The molecule has 0 aromatic rings. The number of carboxylic acid groups (broad SMARTS) is 2. The van der Waals surface area contributed by atoms with Crippen LogP contribution in [0.4, 0.5) is 0 Å². The monoisotopic (exact) mass is 513 g/mol. The Bertz CT molecular complexity index is 832. The lowest BCUT2D eigenvalue weighted by molar-refractivity contribution is -0.145. The predicted octanol–water partition coefficient (Wildman–Crippen LogP) is -1.68. The second-order valence-corrected chi connectivity index (χ2v) is 8.94. The minimum absolute atomic E-state index is 0.0727. The number of carboxylic acids is 2. The van der Waals surface area contributed by atoms with Crippen molar-refractivity contribution in [2.24, 2.45) is 28.1 Å². The van der Waals surface area contributed by atoms with Crippen LogP contribution < -0.4 is 27.8 Å². The number of carbonyl (C=O) groups is 5. The number of aliphatic imine (C=N–C) groups is 1. The SMILES string of the molecule is CCC(C)C(N)C(=O)NC(CCC(=O)O)C(=O)N1CCCC1C(=O)NC(CCCN=C(N)N)C(=O)O. The summed E-state index contributed by atoms with van der Waals surface area (Å²) in [6, 6.07) is -4.24. The van der Waals surface area contributed by atoms with Crippen molar-refractivity contribution >= 4 is 35.6 Å². The largest absolute Gasteiger partial charge is 0.481 e. The molecule has 0 bridgehead atoms. The highest BCUT2D eigenvalue weighted by Crippen LogP contribution is 2.20. The molecule has 10 N–H and O–H groups in total. The number of amides is 3. The zero-order chi connectivity index (χ0) is 27.4. The molecule has 1 heterocycles. The first kappa shape index (κ1) is 30.6. The van der Waals surface area contributed by atoms with Crippen LogP contribution in [0.1, 0.15) is 58.8 Å². The molecule has 0 saturated carbocycles. The van der Waals surface area contributed by atoms with Gasteiger partial charge in [0, 0.05) is 19.5 Å². The van der Waals surface area contributed by atoms with Crippen molar-refractivity contribution in [2.75, 3.05) is 13.1 Å². The van der Waals surface area contributed by atoms with Gasteiger partial charge in [-0.1, -0.05) is 20.3 Å². The topological polar surface area (TPSA) is 244 Å². The van der Waals surface area contributed by atoms with Crippen molar-refractivity contribution in [3.63, 3.8) is 0 Å². The van der Waals surface area contributed by atoms with E-state index >= 15 is 0 Å². The Morgan fingerprint density at radius 3 is 2.31 bits per heavy atom. The quantitative estimate of drug-likeness (QED) is 0.0744. The maximum atomic E-state index is 13.3. The number of rotatable bonds is 15. The Labute approximate surface area is 210 Å². The number of nitrogens with one attached hydrogen (secondary N) is 2. The molecule has 1 aliphatic rings. The number of guanidine groups is 1. The third-order valence-electron chi connectivity index (χ3n) is 6.22. The van der Waals surface area contributed by atoms with Crippen LogP contribution in [-0.4, -0.2) is 88.0 Å². The summed E-state index contributed by atoms with van der Waals surface area (Å²) < 4.78 is 0. The molecule has 14 nitrogen and oxygen atoms in total. The van der Waals surface area contributed by atoms with Gasteiger partial charge in [0.25, 0.3) is 0 Å². The summed E-state index contributed by atoms with van der Waals surface area (Å²) in [7, 11) is 0. The van der Waals surface area contributed by atoms with Crippen LogP contribution >= 0.6 is 0 Å². The van der Waals surface area contributed by atoms with Gasteiger partial charge in [-0.05, 0) is 38.0 Å². The van der Waals surface area contributed by atoms with E-state index in [1.807, 2.05) is 6.92 Å². The highest BCUT2D eigenvalue weighted by Gasteiger charge is 2.39.